The summed E-state index contributed by atoms with van der Waals surface area (Å²) < 4.78 is 0. The minimum Gasteiger partial charge on any atom is -0.399 e. The van der Waals surface area contributed by atoms with E-state index in [1.807, 2.05) is 31.2 Å². The minimum atomic E-state index is -0.465. The maximum absolute atomic E-state index is 11.4. The molecule has 19 heavy (non-hydrogen) atoms. The van der Waals surface area contributed by atoms with Crippen LogP contribution in [-0.4, -0.2) is 5.91 Å². The van der Waals surface area contributed by atoms with E-state index in [1.165, 1.54) is 11.1 Å². The molecule has 2 aromatic rings. The number of primary amides is 1. The summed E-state index contributed by atoms with van der Waals surface area (Å²) in [7, 11) is 0. The summed E-state index contributed by atoms with van der Waals surface area (Å²) >= 11 is 0. The largest absolute Gasteiger partial charge is 0.399 e. The van der Waals surface area contributed by atoms with Crippen LogP contribution in [0.15, 0.2) is 42.5 Å². The SMILES string of the molecule is Cc1ccccc1CNc1cc(N)ccc1C(N)=O. The van der Waals surface area contributed by atoms with E-state index in [9.17, 15) is 4.79 Å². The molecule has 0 aliphatic rings. The number of aryl methyl sites for hydroxylation is 1. The van der Waals surface area contributed by atoms with Gasteiger partial charge in [0, 0.05) is 17.9 Å². The van der Waals surface area contributed by atoms with Crippen molar-refractivity contribution in [3.63, 3.8) is 0 Å². The normalized spacial score (nSPS) is 10.2. The van der Waals surface area contributed by atoms with Crippen LogP contribution in [0, 0.1) is 6.92 Å². The first-order valence-corrected chi connectivity index (χ1v) is 6.05. The van der Waals surface area contributed by atoms with Crippen LogP contribution in [0.5, 0.6) is 0 Å². The molecule has 0 aliphatic heterocycles. The summed E-state index contributed by atoms with van der Waals surface area (Å²) in [5.41, 5.74) is 15.1. The van der Waals surface area contributed by atoms with E-state index in [-0.39, 0.29) is 0 Å². The van der Waals surface area contributed by atoms with E-state index in [0.717, 1.165) is 0 Å². The van der Waals surface area contributed by atoms with Crippen LogP contribution in [-0.2, 0) is 6.54 Å². The van der Waals surface area contributed by atoms with Crippen LogP contribution in [0.25, 0.3) is 0 Å². The second-order valence-corrected chi connectivity index (χ2v) is 4.45. The van der Waals surface area contributed by atoms with E-state index in [0.29, 0.717) is 23.5 Å². The molecule has 0 aliphatic carbocycles. The fraction of sp³-hybridized carbons (Fsp3) is 0.133. The summed E-state index contributed by atoms with van der Waals surface area (Å²) in [6, 6.07) is 13.1. The van der Waals surface area contributed by atoms with Gasteiger partial charge in [-0.3, -0.25) is 4.79 Å². The average molecular weight is 255 g/mol. The van der Waals surface area contributed by atoms with Crippen LogP contribution in [0.1, 0.15) is 21.5 Å². The molecular weight excluding hydrogens is 238 g/mol. The van der Waals surface area contributed by atoms with Crippen molar-refractivity contribution in [2.45, 2.75) is 13.5 Å². The molecular formula is C15H17N3O. The zero-order chi connectivity index (χ0) is 13.8. The Morgan fingerprint density at radius 1 is 1.21 bits per heavy atom. The smallest absolute Gasteiger partial charge is 0.250 e. The molecule has 1 amide bonds. The first kappa shape index (κ1) is 13.0. The maximum Gasteiger partial charge on any atom is 0.250 e. The second kappa shape index (κ2) is 5.44. The van der Waals surface area contributed by atoms with Gasteiger partial charge in [-0.25, -0.2) is 0 Å². The third kappa shape index (κ3) is 3.04. The molecule has 2 rings (SSSR count). The summed E-state index contributed by atoms with van der Waals surface area (Å²) in [5, 5.41) is 3.21. The Labute approximate surface area is 112 Å². The lowest BCUT2D eigenvalue weighted by molar-refractivity contribution is 0.100. The predicted molar refractivity (Wildman–Crippen MR) is 77.9 cm³/mol. The number of hydrogen-bond donors (Lipinski definition) is 3. The average Bonchev–Trinajstić information content (AvgIpc) is 2.37. The van der Waals surface area contributed by atoms with Crippen molar-refractivity contribution in [2.75, 3.05) is 11.1 Å². The van der Waals surface area contributed by atoms with Gasteiger partial charge in [-0.2, -0.15) is 0 Å². The fourth-order valence-corrected chi connectivity index (χ4v) is 1.92. The molecule has 0 heterocycles. The Morgan fingerprint density at radius 2 is 1.95 bits per heavy atom. The van der Waals surface area contributed by atoms with Crippen molar-refractivity contribution in [2.24, 2.45) is 5.73 Å². The van der Waals surface area contributed by atoms with Gasteiger partial charge < -0.3 is 16.8 Å². The highest BCUT2D eigenvalue weighted by Crippen LogP contribution is 2.20. The monoisotopic (exact) mass is 255 g/mol. The molecule has 0 atom stereocenters. The van der Waals surface area contributed by atoms with Crippen molar-refractivity contribution in [3.05, 3.63) is 59.2 Å². The van der Waals surface area contributed by atoms with Crippen LogP contribution in [0.3, 0.4) is 0 Å². The molecule has 0 fully saturated rings. The molecule has 0 bridgehead atoms. The zero-order valence-corrected chi connectivity index (χ0v) is 10.8. The first-order chi connectivity index (χ1) is 9.08. The Morgan fingerprint density at radius 3 is 2.63 bits per heavy atom. The summed E-state index contributed by atoms with van der Waals surface area (Å²) in [6.07, 6.45) is 0. The number of rotatable bonds is 4. The topological polar surface area (TPSA) is 81.1 Å². The van der Waals surface area contributed by atoms with Crippen LogP contribution in [0.2, 0.25) is 0 Å². The van der Waals surface area contributed by atoms with E-state index in [1.54, 1.807) is 18.2 Å². The molecule has 4 nitrogen and oxygen atoms in total. The third-order valence-electron chi connectivity index (χ3n) is 3.04. The molecule has 0 spiro atoms. The Bertz CT molecular complexity index is 608. The minimum absolute atomic E-state index is 0.447. The van der Waals surface area contributed by atoms with Gasteiger partial charge in [-0.1, -0.05) is 24.3 Å². The molecule has 2 aromatic carbocycles. The summed E-state index contributed by atoms with van der Waals surface area (Å²) in [4.78, 5) is 11.4. The number of amides is 1. The number of anilines is 2. The number of nitrogens with two attached hydrogens (primary N) is 2. The third-order valence-corrected chi connectivity index (χ3v) is 3.04. The number of nitrogen functional groups attached to an aromatic ring is 1. The number of benzene rings is 2. The van der Waals surface area contributed by atoms with E-state index >= 15 is 0 Å². The lowest BCUT2D eigenvalue weighted by atomic mass is 10.1. The summed E-state index contributed by atoms with van der Waals surface area (Å²) in [5.74, 6) is -0.465. The number of carbonyl (C=O) groups excluding carboxylic acids is 1. The standard InChI is InChI=1S/C15H17N3O/c1-10-4-2-3-5-11(10)9-18-14-8-12(16)6-7-13(14)15(17)19/h2-8,18H,9,16H2,1H3,(H2,17,19). The number of nitrogens with one attached hydrogen (secondary N) is 1. The Balaban J connectivity index is 2.22. The van der Waals surface area contributed by atoms with Crippen molar-refractivity contribution in [1.29, 1.82) is 0 Å². The Hall–Kier alpha value is -2.49. The number of carbonyl (C=O) groups is 1. The van der Waals surface area contributed by atoms with Gasteiger partial charge in [0.15, 0.2) is 0 Å². The Kier molecular flexibility index (Phi) is 3.71. The van der Waals surface area contributed by atoms with Crippen LogP contribution >= 0.6 is 0 Å². The highest BCUT2D eigenvalue weighted by Gasteiger charge is 2.08. The van der Waals surface area contributed by atoms with Crippen molar-refractivity contribution < 1.29 is 4.79 Å². The molecule has 0 aromatic heterocycles. The molecule has 0 radical (unpaired) electrons. The lowest BCUT2D eigenvalue weighted by Crippen LogP contribution is -2.14. The first-order valence-electron chi connectivity index (χ1n) is 6.05. The molecule has 4 heteroatoms. The van der Waals surface area contributed by atoms with Crippen LogP contribution < -0.4 is 16.8 Å². The van der Waals surface area contributed by atoms with Gasteiger partial charge in [0.2, 0.25) is 0 Å². The molecule has 0 unspecified atom stereocenters. The van der Waals surface area contributed by atoms with Gasteiger partial charge >= 0.3 is 0 Å². The van der Waals surface area contributed by atoms with Gasteiger partial charge in [0.1, 0.15) is 0 Å². The highest BCUT2D eigenvalue weighted by atomic mass is 16.1. The van der Waals surface area contributed by atoms with Gasteiger partial charge in [-0.05, 0) is 36.2 Å². The molecule has 98 valence electrons. The lowest BCUT2D eigenvalue weighted by Gasteiger charge is -2.12. The van der Waals surface area contributed by atoms with E-state index in [4.69, 9.17) is 11.5 Å². The number of hydrogen-bond acceptors (Lipinski definition) is 3. The van der Waals surface area contributed by atoms with Crippen molar-refractivity contribution in [1.82, 2.24) is 0 Å². The van der Waals surface area contributed by atoms with Gasteiger partial charge in [-0.15, -0.1) is 0 Å². The van der Waals surface area contributed by atoms with E-state index < -0.39 is 5.91 Å². The second-order valence-electron chi connectivity index (χ2n) is 4.45. The highest BCUT2D eigenvalue weighted by molar-refractivity contribution is 5.99. The van der Waals surface area contributed by atoms with Crippen LogP contribution in [0.4, 0.5) is 11.4 Å². The zero-order valence-electron chi connectivity index (χ0n) is 10.8. The maximum atomic E-state index is 11.4. The van der Waals surface area contributed by atoms with Crippen molar-refractivity contribution in [3.8, 4) is 0 Å². The quantitative estimate of drug-likeness (QED) is 0.733. The van der Waals surface area contributed by atoms with Crippen molar-refractivity contribution >= 4 is 17.3 Å². The van der Waals surface area contributed by atoms with E-state index in [2.05, 4.69) is 5.32 Å². The van der Waals surface area contributed by atoms with Gasteiger partial charge in [0.25, 0.3) is 5.91 Å². The fourth-order valence-electron chi connectivity index (χ4n) is 1.92. The molecule has 0 saturated heterocycles. The predicted octanol–water partition coefficient (Wildman–Crippen LogP) is 2.29. The summed E-state index contributed by atoms with van der Waals surface area (Å²) in [6.45, 7) is 2.67. The molecule has 0 saturated carbocycles. The molecule has 5 N–H and O–H groups in total. The van der Waals surface area contributed by atoms with Gasteiger partial charge in [0.05, 0.1) is 5.56 Å².